The van der Waals surface area contributed by atoms with Gasteiger partial charge in [0.15, 0.2) is 23.1 Å². The zero-order chi connectivity index (χ0) is 35.9. The summed E-state index contributed by atoms with van der Waals surface area (Å²) in [5, 5.41) is 9.36. The van der Waals surface area contributed by atoms with Crippen LogP contribution in [0.4, 0.5) is 17.6 Å². The second-order valence-electron chi connectivity index (χ2n) is 14.8. The SMILES string of the molecule is CCOc1ccc(C2CCC(CCCCCCCC(CCCCCCCC3CCC(c4ccc(O)c(F)c4F)OC3)=C(C)C)CO2)c(F)c1F. The summed E-state index contributed by atoms with van der Waals surface area (Å²) in [5.74, 6) is -3.71. The molecular weight excluding hydrogens is 644 g/mol. The summed E-state index contributed by atoms with van der Waals surface area (Å²) in [6, 6.07) is 5.72. The lowest BCUT2D eigenvalue weighted by Crippen LogP contribution is -2.21. The first-order valence-electron chi connectivity index (χ1n) is 19.4. The molecule has 0 saturated carbocycles. The van der Waals surface area contributed by atoms with Crippen molar-refractivity contribution in [2.45, 2.75) is 149 Å². The van der Waals surface area contributed by atoms with Gasteiger partial charge >= 0.3 is 0 Å². The van der Waals surface area contributed by atoms with E-state index in [-0.39, 0.29) is 17.4 Å². The number of phenolic OH excluding ortho intramolecular Hbond substituents is 1. The molecule has 2 aromatic rings. The van der Waals surface area contributed by atoms with Crippen molar-refractivity contribution < 1.29 is 36.9 Å². The Morgan fingerprint density at radius 2 is 1.12 bits per heavy atom. The van der Waals surface area contributed by atoms with Crippen LogP contribution < -0.4 is 4.74 Å². The average molecular weight is 705 g/mol. The minimum Gasteiger partial charge on any atom is -0.505 e. The fourth-order valence-corrected chi connectivity index (χ4v) is 7.65. The van der Waals surface area contributed by atoms with Crippen LogP contribution in [0.1, 0.15) is 160 Å². The molecule has 0 aliphatic carbocycles. The lowest BCUT2D eigenvalue weighted by molar-refractivity contribution is -0.0220. The maximum atomic E-state index is 14.6. The molecule has 2 heterocycles. The van der Waals surface area contributed by atoms with Crippen LogP contribution in [0.25, 0.3) is 0 Å². The number of phenols is 1. The van der Waals surface area contributed by atoms with Gasteiger partial charge in [-0.2, -0.15) is 8.78 Å². The zero-order valence-electron chi connectivity index (χ0n) is 30.7. The van der Waals surface area contributed by atoms with Crippen molar-refractivity contribution in [3.63, 3.8) is 0 Å². The molecule has 0 bridgehead atoms. The predicted octanol–water partition coefficient (Wildman–Crippen LogP) is 12.8. The monoisotopic (exact) mass is 704 g/mol. The molecule has 280 valence electrons. The van der Waals surface area contributed by atoms with Gasteiger partial charge in [0.25, 0.3) is 0 Å². The Balaban J connectivity index is 0.981. The number of ether oxygens (including phenoxy) is 3. The fourth-order valence-electron chi connectivity index (χ4n) is 7.65. The topological polar surface area (TPSA) is 47.9 Å². The standard InChI is InChI=1S/C42H60F4O4/c1-4-48-38-26-22-34(40(44)42(38)46)37-25-20-31(28-50-37)16-12-8-6-10-14-18-32(29(2)3)17-13-9-5-7-11-15-30-19-24-36(49-27-30)33-21-23-35(47)41(45)39(33)43/h21-23,26,30-31,36-37,47H,4-20,24-25,27-28H2,1-3H3. The molecule has 0 amide bonds. The van der Waals surface area contributed by atoms with E-state index in [4.69, 9.17) is 14.2 Å². The summed E-state index contributed by atoms with van der Waals surface area (Å²) in [7, 11) is 0. The van der Waals surface area contributed by atoms with Gasteiger partial charge in [0, 0.05) is 11.1 Å². The number of aromatic hydroxyl groups is 1. The Hall–Kier alpha value is -2.58. The quantitative estimate of drug-likeness (QED) is 0.0847. The van der Waals surface area contributed by atoms with Gasteiger partial charge in [-0.15, -0.1) is 0 Å². The molecule has 8 heteroatoms. The largest absolute Gasteiger partial charge is 0.505 e. The van der Waals surface area contributed by atoms with Crippen molar-refractivity contribution in [3.05, 3.63) is 69.8 Å². The first-order valence-corrected chi connectivity index (χ1v) is 19.4. The van der Waals surface area contributed by atoms with E-state index in [0.29, 0.717) is 43.6 Å². The summed E-state index contributed by atoms with van der Waals surface area (Å²) >= 11 is 0. The minimum absolute atomic E-state index is 0.0446. The minimum atomic E-state index is -1.20. The summed E-state index contributed by atoms with van der Waals surface area (Å²) < 4.78 is 73.9. The van der Waals surface area contributed by atoms with Gasteiger partial charge < -0.3 is 19.3 Å². The molecule has 2 aliphatic heterocycles. The Labute approximate surface area is 298 Å². The van der Waals surface area contributed by atoms with Gasteiger partial charge in [0.1, 0.15) is 0 Å². The molecule has 2 aliphatic rings. The van der Waals surface area contributed by atoms with Crippen LogP contribution in [0.2, 0.25) is 0 Å². The lowest BCUT2D eigenvalue weighted by atomic mass is 9.90. The van der Waals surface area contributed by atoms with Crippen molar-refractivity contribution in [2.75, 3.05) is 19.8 Å². The average Bonchev–Trinajstić information content (AvgIpc) is 3.11. The second-order valence-corrected chi connectivity index (χ2v) is 14.8. The highest BCUT2D eigenvalue weighted by Crippen LogP contribution is 2.37. The third-order valence-electron chi connectivity index (χ3n) is 10.8. The van der Waals surface area contributed by atoms with Crippen LogP contribution in [-0.4, -0.2) is 24.9 Å². The van der Waals surface area contributed by atoms with E-state index in [0.717, 1.165) is 32.1 Å². The predicted molar refractivity (Wildman–Crippen MR) is 191 cm³/mol. The molecule has 4 rings (SSSR count). The van der Waals surface area contributed by atoms with Gasteiger partial charge in [-0.05, 0) is 121 Å². The van der Waals surface area contributed by atoms with Gasteiger partial charge in [0.05, 0.1) is 32.0 Å². The van der Waals surface area contributed by atoms with Gasteiger partial charge in [-0.25, -0.2) is 8.78 Å². The number of hydrogen-bond donors (Lipinski definition) is 1. The summed E-state index contributed by atoms with van der Waals surface area (Å²) in [5.41, 5.74) is 3.60. The Morgan fingerprint density at radius 3 is 1.60 bits per heavy atom. The smallest absolute Gasteiger partial charge is 0.200 e. The summed E-state index contributed by atoms with van der Waals surface area (Å²) in [6.07, 6.45) is 19.5. The molecule has 2 aromatic carbocycles. The molecule has 0 spiro atoms. The maximum Gasteiger partial charge on any atom is 0.200 e. The molecule has 2 fully saturated rings. The molecular formula is C42H60F4O4. The van der Waals surface area contributed by atoms with E-state index in [9.17, 15) is 22.7 Å². The number of hydrogen-bond acceptors (Lipinski definition) is 4. The third-order valence-corrected chi connectivity index (χ3v) is 10.8. The van der Waals surface area contributed by atoms with Crippen LogP contribution in [0, 0.1) is 35.1 Å². The van der Waals surface area contributed by atoms with Gasteiger partial charge in [-0.1, -0.05) is 62.5 Å². The van der Waals surface area contributed by atoms with Crippen molar-refractivity contribution >= 4 is 0 Å². The highest BCUT2D eigenvalue weighted by Gasteiger charge is 2.28. The van der Waals surface area contributed by atoms with E-state index in [1.54, 1.807) is 18.6 Å². The Morgan fingerprint density at radius 1 is 0.640 bits per heavy atom. The maximum absolute atomic E-state index is 14.6. The molecule has 1 N–H and O–H groups in total. The van der Waals surface area contributed by atoms with Crippen LogP contribution in [0.3, 0.4) is 0 Å². The number of benzene rings is 2. The van der Waals surface area contributed by atoms with E-state index in [1.807, 2.05) is 0 Å². The first kappa shape index (κ1) is 40.2. The van der Waals surface area contributed by atoms with Crippen LogP contribution >= 0.6 is 0 Å². The molecule has 2 saturated heterocycles. The zero-order valence-corrected chi connectivity index (χ0v) is 30.7. The van der Waals surface area contributed by atoms with E-state index >= 15 is 0 Å². The first-order chi connectivity index (χ1) is 24.2. The number of unbranched alkanes of at least 4 members (excludes halogenated alkanes) is 8. The number of rotatable bonds is 20. The third kappa shape index (κ3) is 12.0. The van der Waals surface area contributed by atoms with E-state index in [2.05, 4.69) is 13.8 Å². The van der Waals surface area contributed by atoms with Crippen LogP contribution in [0.15, 0.2) is 35.4 Å². The normalized spacial score (nSPS) is 20.9. The Kier molecular flexibility index (Phi) is 16.9. The fraction of sp³-hybridized carbons (Fsp3) is 0.667. The molecule has 4 atom stereocenters. The van der Waals surface area contributed by atoms with Gasteiger partial charge in [0.2, 0.25) is 11.6 Å². The van der Waals surface area contributed by atoms with Crippen molar-refractivity contribution in [1.29, 1.82) is 0 Å². The van der Waals surface area contributed by atoms with Crippen molar-refractivity contribution in [1.82, 2.24) is 0 Å². The van der Waals surface area contributed by atoms with Crippen LogP contribution in [0.5, 0.6) is 11.5 Å². The van der Waals surface area contributed by atoms with E-state index in [1.165, 1.54) is 101 Å². The second kappa shape index (κ2) is 21.1. The molecule has 0 radical (unpaired) electrons. The summed E-state index contributed by atoms with van der Waals surface area (Å²) in [6.45, 7) is 7.71. The van der Waals surface area contributed by atoms with Crippen molar-refractivity contribution in [3.8, 4) is 11.5 Å². The summed E-state index contributed by atoms with van der Waals surface area (Å²) in [4.78, 5) is 0. The molecule has 50 heavy (non-hydrogen) atoms. The molecule has 0 aromatic heterocycles. The van der Waals surface area contributed by atoms with Crippen molar-refractivity contribution in [2.24, 2.45) is 11.8 Å². The number of allylic oxidation sites excluding steroid dienone is 2. The number of halogens is 4. The Bertz CT molecular complexity index is 1340. The lowest BCUT2D eigenvalue weighted by Gasteiger charge is -2.29. The van der Waals surface area contributed by atoms with Gasteiger partial charge in [-0.3, -0.25) is 0 Å². The highest BCUT2D eigenvalue weighted by molar-refractivity contribution is 5.33. The molecule has 4 nitrogen and oxygen atoms in total. The van der Waals surface area contributed by atoms with Crippen LogP contribution in [-0.2, 0) is 9.47 Å². The molecule has 4 unspecified atom stereocenters. The van der Waals surface area contributed by atoms with E-state index < -0.39 is 35.1 Å². The highest BCUT2D eigenvalue weighted by atomic mass is 19.2.